The van der Waals surface area contributed by atoms with Crippen LogP contribution in [-0.2, 0) is 6.42 Å². The molecular weight excluding hydrogens is 384 g/mol. The summed E-state index contributed by atoms with van der Waals surface area (Å²) in [5.41, 5.74) is 6.33. The van der Waals surface area contributed by atoms with Crippen molar-refractivity contribution in [1.82, 2.24) is 15.0 Å². The number of aromatic nitrogens is 3. The first-order valence-corrected chi connectivity index (χ1v) is 10.3. The van der Waals surface area contributed by atoms with Gasteiger partial charge >= 0.3 is 0 Å². The summed E-state index contributed by atoms with van der Waals surface area (Å²) in [5.74, 6) is 0.280. The number of anilines is 1. The molecule has 0 aliphatic rings. The number of carbonyl (C=O) groups is 1. The van der Waals surface area contributed by atoms with Crippen LogP contribution in [-0.4, -0.2) is 20.9 Å². The topological polar surface area (TPSA) is 67.8 Å². The van der Waals surface area contributed by atoms with Crippen LogP contribution in [0, 0.1) is 0 Å². The second-order valence-corrected chi connectivity index (χ2v) is 7.70. The van der Waals surface area contributed by atoms with E-state index in [1.807, 2.05) is 60.7 Å². The van der Waals surface area contributed by atoms with Gasteiger partial charge in [0.25, 0.3) is 5.91 Å². The lowest BCUT2D eigenvalue weighted by Crippen LogP contribution is -2.12. The number of hydrogen-bond acceptors (Lipinski definition) is 4. The van der Waals surface area contributed by atoms with E-state index >= 15 is 0 Å². The van der Waals surface area contributed by atoms with Crippen molar-refractivity contribution in [3.8, 4) is 11.3 Å². The number of rotatable bonds is 6. The Morgan fingerprint density at radius 2 is 1.81 bits per heavy atom. The van der Waals surface area contributed by atoms with Crippen LogP contribution >= 0.6 is 0 Å². The molecule has 1 amide bonds. The molecule has 0 spiro atoms. The predicted molar refractivity (Wildman–Crippen MR) is 123 cm³/mol. The summed E-state index contributed by atoms with van der Waals surface area (Å²) < 4.78 is 0. The first-order valence-electron chi connectivity index (χ1n) is 10.3. The minimum atomic E-state index is -0.125. The molecule has 0 bridgehead atoms. The predicted octanol–water partition coefficient (Wildman–Crippen LogP) is 5.51. The van der Waals surface area contributed by atoms with E-state index in [0.717, 1.165) is 28.2 Å². The summed E-state index contributed by atoms with van der Waals surface area (Å²) in [6.07, 6.45) is 5.63. The van der Waals surface area contributed by atoms with Gasteiger partial charge in [0.1, 0.15) is 6.33 Å². The second kappa shape index (κ2) is 9.30. The molecule has 4 aromatic rings. The summed E-state index contributed by atoms with van der Waals surface area (Å²) in [7, 11) is 0. The van der Waals surface area contributed by atoms with E-state index < -0.39 is 0 Å². The van der Waals surface area contributed by atoms with E-state index in [1.54, 1.807) is 12.4 Å². The summed E-state index contributed by atoms with van der Waals surface area (Å²) >= 11 is 0. The molecule has 1 N–H and O–H groups in total. The van der Waals surface area contributed by atoms with Crippen LogP contribution in [0.2, 0.25) is 0 Å². The smallest absolute Gasteiger partial charge is 0.255 e. The molecular formula is C26H24N4O. The Hall–Kier alpha value is -3.86. The highest BCUT2D eigenvalue weighted by atomic mass is 16.1. The van der Waals surface area contributed by atoms with E-state index in [9.17, 15) is 4.79 Å². The van der Waals surface area contributed by atoms with Gasteiger partial charge in [-0.15, -0.1) is 0 Å². The fourth-order valence-corrected chi connectivity index (χ4v) is 3.46. The molecule has 154 valence electrons. The quantitative estimate of drug-likeness (QED) is 0.457. The van der Waals surface area contributed by atoms with Gasteiger partial charge < -0.3 is 5.32 Å². The summed E-state index contributed by atoms with van der Waals surface area (Å²) in [6.45, 7) is 4.27. The second-order valence-electron chi connectivity index (χ2n) is 7.70. The minimum absolute atomic E-state index is 0.125. The largest absolute Gasteiger partial charge is 0.322 e. The van der Waals surface area contributed by atoms with Crippen molar-refractivity contribution in [3.63, 3.8) is 0 Å². The molecule has 2 aromatic heterocycles. The van der Waals surface area contributed by atoms with Gasteiger partial charge in [-0.1, -0.05) is 38.1 Å². The maximum absolute atomic E-state index is 12.8. The molecule has 2 heterocycles. The number of nitrogens with one attached hydrogen (secondary N) is 1. The van der Waals surface area contributed by atoms with Gasteiger partial charge in [-0.05, 0) is 59.5 Å². The maximum Gasteiger partial charge on any atom is 0.255 e. The molecule has 0 saturated heterocycles. The van der Waals surface area contributed by atoms with Gasteiger partial charge in [0.05, 0.1) is 11.4 Å². The van der Waals surface area contributed by atoms with Gasteiger partial charge in [0, 0.05) is 35.6 Å². The van der Waals surface area contributed by atoms with Gasteiger partial charge in [-0.3, -0.25) is 9.78 Å². The van der Waals surface area contributed by atoms with Crippen LogP contribution in [0.5, 0.6) is 0 Å². The Morgan fingerprint density at radius 1 is 0.935 bits per heavy atom. The highest BCUT2D eigenvalue weighted by Crippen LogP contribution is 2.23. The van der Waals surface area contributed by atoms with Crippen LogP contribution in [0.25, 0.3) is 11.3 Å². The molecule has 0 aliphatic carbocycles. The highest BCUT2D eigenvalue weighted by Gasteiger charge is 2.11. The van der Waals surface area contributed by atoms with Crippen molar-refractivity contribution >= 4 is 11.6 Å². The monoisotopic (exact) mass is 408 g/mol. The molecule has 0 unspecified atom stereocenters. The average molecular weight is 409 g/mol. The fraction of sp³-hybridized carbons (Fsp3) is 0.154. The van der Waals surface area contributed by atoms with Gasteiger partial charge in [0.15, 0.2) is 0 Å². The Morgan fingerprint density at radius 3 is 2.61 bits per heavy atom. The third kappa shape index (κ3) is 5.01. The van der Waals surface area contributed by atoms with Crippen molar-refractivity contribution in [3.05, 3.63) is 108 Å². The molecule has 4 rings (SSSR count). The van der Waals surface area contributed by atoms with Gasteiger partial charge in [-0.2, -0.15) is 0 Å². The van der Waals surface area contributed by atoms with E-state index in [1.165, 1.54) is 11.9 Å². The SMILES string of the molecule is CC(C)c1cccc(NC(=O)c2cccc(Cc3ncccc3-c3ccncn3)c2)c1. The van der Waals surface area contributed by atoms with E-state index in [4.69, 9.17) is 0 Å². The zero-order valence-electron chi connectivity index (χ0n) is 17.6. The van der Waals surface area contributed by atoms with E-state index in [0.29, 0.717) is 17.9 Å². The molecule has 0 radical (unpaired) electrons. The van der Waals surface area contributed by atoms with Gasteiger partial charge in [-0.25, -0.2) is 9.97 Å². The zero-order chi connectivity index (χ0) is 21.6. The summed E-state index contributed by atoms with van der Waals surface area (Å²) in [6, 6.07) is 21.4. The highest BCUT2D eigenvalue weighted by molar-refractivity contribution is 6.04. The summed E-state index contributed by atoms with van der Waals surface area (Å²) in [4.78, 5) is 25.7. The van der Waals surface area contributed by atoms with Crippen LogP contribution in [0.4, 0.5) is 5.69 Å². The van der Waals surface area contributed by atoms with Gasteiger partial charge in [0.2, 0.25) is 0 Å². The summed E-state index contributed by atoms with van der Waals surface area (Å²) in [5, 5.41) is 3.01. The third-order valence-corrected chi connectivity index (χ3v) is 5.12. The van der Waals surface area contributed by atoms with E-state index in [2.05, 4.69) is 40.2 Å². The lowest BCUT2D eigenvalue weighted by Gasteiger charge is -2.11. The lowest BCUT2D eigenvalue weighted by atomic mass is 10.0. The Kier molecular flexibility index (Phi) is 6.13. The normalized spacial score (nSPS) is 10.8. The molecule has 0 saturated carbocycles. The number of carbonyl (C=O) groups excluding carboxylic acids is 1. The van der Waals surface area contributed by atoms with Crippen molar-refractivity contribution in [1.29, 1.82) is 0 Å². The molecule has 0 aliphatic heterocycles. The van der Waals surface area contributed by atoms with Crippen LogP contribution < -0.4 is 5.32 Å². The Balaban J connectivity index is 1.55. The van der Waals surface area contributed by atoms with Crippen molar-refractivity contribution in [2.75, 3.05) is 5.32 Å². The Labute approximate surface area is 182 Å². The molecule has 0 atom stereocenters. The van der Waals surface area contributed by atoms with Crippen LogP contribution in [0.15, 0.2) is 85.5 Å². The molecule has 5 nitrogen and oxygen atoms in total. The maximum atomic E-state index is 12.8. The van der Waals surface area contributed by atoms with Crippen LogP contribution in [0.1, 0.15) is 46.9 Å². The fourth-order valence-electron chi connectivity index (χ4n) is 3.46. The first kappa shape index (κ1) is 20.4. The zero-order valence-corrected chi connectivity index (χ0v) is 17.6. The van der Waals surface area contributed by atoms with E-state index in [-0.39, 0.29) is 5.91 Å². The number of hydrogen-bond donors (Lipinski definition) is 1. The third-order valence-electron chi connectivity index (χ3n) is 5.12. The van der Waals surface area contributed by atoms with Crippen molar-refractivity contribution in [2.45, 2.75) is 26.2 Å². The number of pyridine rings is 1. The number of nitrogens with zero attached hydrogens (tertiary/aromatic N) is 3. The van der Waals surface area contributed by atoms with Crippen LogP contribution in [0.3, 0.4) is 0 Å². The molecule has 5 heteroatoms. The van der Waals surface area contributed by atoms with Crippen molar-refractivity contribution < 1.29 is 4.79 Å². The standard InChI is InChI=1S/C26H24N4O/c1-18(2)20-7-4-9-22(16-20)30-26(31)21-8-3-6-19(14-21)15-25-23(10-5-12-28-25)24-11-13-27-17-29-24/h3-14,16-18H,15H2,1-2H3,(H,30,31). The number of amides is 1. The van der Waals surface area contributed by atoms with Crippen molar-refractivity contribution in [2.24, 2.45) is 0 Å². The Bertz CT molecular complexity index is 1190. The molecule has 0 fully saturated rings. The lowest BCUT2D eigenvalue weighted by molar-refractivity contribution is 0.102. The first-order chi connectivity index (χ1) is 15.1. The minimum Gasteiger partial charge on any atom is -0.322 e. The number of benzene rings is 2. The average Bonchev–Trinajstić information content (AvgIpc) is 2.80. The molecule has 2 aromatic carbocycles. The molecule has 31 heavy (non-hydrogen) atoms.